The normalized spacial score (nSPS) is 15.8. The smallest absolute Gasteiger partial charge is 0.270 e. The Balaban J connectivity index is 1.35. The molecule has 0 saturated carbocycles. The lowest BCUT2D eigenvalue weighted by molar-refractivity contribution is -0.384. The van der Waals surface area contributed by atoms with Crippen LogP contribution in [0.3, 0.4) is 0 Å². The van der Waals surface area contributed by atoms with Crippen molar-refractivity contribution in [2.24, 2.45) is 5.73 Å². The van der Waals surface area contributed by atoms with E-state index in [9.17, 15) is 14.9 Å². The summed E-state index contributed by atoms with van der Waals surface area (Å²) in [5, 5.41) is 17.8. The molecule has 10 nitrogen and oxygen atoms in total. The fourth-order valence-corrected chi connectivity index (χ4v) is 5.40. The van der Waals surface area contributed by atoms with Gasteiger partial charge in [0.05, 0.1) is 21.9 Å². The van der Waals surface area contributed by atoms with Crippen molar-refractivity contribution in [1.29, 1.82) is 0 Å². The molecule has 0 unspecified atom stereocenters. The van der Waals surface area contributed by atoms with E-state index in [1.165, 1.54) is 31.4 Å². The van der Waals surface area contributed by atoms with Crippen LogP contribution in [0.4, 0.5) is 23.0 Å². The second-order valence-electron chi connectivity index (χ2n) is 10.3. The van der Waals surface area contributed by atoms with Gasteiger partial charge in [-0.1, -0.05) is 36.4 Å². The van der Waals surface area contributed by atoms with E-state index >= 15 is 0 Å². The highest BCUT2D eigenvalue weighted by atomic mass is 16.6. The van der Waals surface area contributed by atoms with Crippen molar-refractivity contribution >= 4 is 40.2 Å². The number of imidazole rings is 1. The summed E-state index contributed by atoms with van der Waals surface area (Å²) in [5.74, 6) is 0.569. The number of rotatable bonds is 8. The molecule has 3 aromatic carbocycles. The molecule has 2 aliphatic heterocycles. The molecule has 4 aromatic rings. The fraction of sp³-hybridized carbons (Fsp3) is 0.226. The standard InChI is InChI=1S/C31H31N7O3/c32-15-14-20-4-6-22(7-5-20)29(28-25-18-24(38(40)41)12-13-26(25)35-30(28)39)34-23-10-8-21(9-11-23)27-19-33-31(36-27)37-16-2-1-3-17-37/h4-13,18-19,34H,1-3,14-17,32H2,(H,33,36)(H,35,39)/b29-28-. The maximum Gasteiger partial charge on any atom is 0.270 e. The van der Waals surface area contributed by atoms with Crippen LogP contribution >= 0.6 is 0 Å². The lowest BCUT2D eigenvalue weighted by atomic mass is 9.98. The van der Waals surface area contributed by atoms with E-state index in [4.69, 9.17) is 10.7 Å². The first-order valence-corrected chi connectivity index (χ1v) is 13.8. The Labute approximate surface area is 237 Å². The summed E-state index contributed by atoms with van der Waals surface area (Å²) >= 11 is 0. The number of fused-ring (bicyclic) bond motifs is 1. The van der Waals surface area contributed by atoms with Gasteiger partial charge in [-0.15, -0.1) is 0 Å². The highest BCUT2D eigenvalue weighted by Crippen LogP contribution is 2.39. The van der Waals surface area contributed by atoms with Gasteiger partial charge in [0.15, 0.2) is 0 Å². The minimum absolute atomic E-state index is 0.0809. The van der Waals surface area contributed by atoms with Gasteiger partial charge in [-0.05, 0) is 61.6 Å². The molecule has 3 heterocycles. The van der Waals surface area contributed by atoms with E-state index in [0.717, 1.165) is 53.5 Å². The van der Waals surface area contributed by atoms with E-state index in [1.54, 1.807) is 6.07 Å². The first kappa shape index (κ1) is 26.3. The second kappa shape index (κ2) is 11.3. The molecule has 2 aliphatic rings. The average molecular weight is 550 g/mol. The maximum absolute atomic E-state index is 13.2. The van der Waals surface area contributed by atoms with Gasteiger partial charge in [-0.25, -0.2) is 4.98 Å². The number of amides is 1. The van der Waals surface area contributed by atoms with Crippen molar-refractivity contribution in [3.05, 3.63) is 99.7 Å². The monoisotopic (exact) mass is 549 g/mol. The quantitative estimate of drug-likeness (QED) is 0.131. The number of anilines is 3. The number of hydrogen-bond acceptors (Lipinski definition) is 7. The van der Waals surface area contributed by atoms with Gasteiger partial charge in [0.2, 0.25) is 5.95 Å². The summed E-state index contributed by atoms with van der Waals surface area (Å²) in [6.07, 6.45) is 6.29. The van der Waals surface area contributed by atoms with Crippen LogP contribution in [0, 0.1) is 10.1 Å². The number of aromatic nitrogens is 2. The van der Waals surface area contributed by atoms with Crippen LogP contribution in [-0.4, -0.2) is 40.4 Å². The summed E-state index contributed by atoms with van der Waals surface area (Å²) in [4.78, 5) is 34.7. The topological polar surface area (TPSA) is 142 Å². The van der Waals surface area contributed by atoms with Crippen LogP contribution in [-0.2, 0) is 11.2 Å². The molecule has 10 heteroatoms. The van der Waals surface area contributed by atoms with E-state index in [1.807, 2.05) is 54.7 Å². The first-order valence-electron chi connectivity index (χ1n) is 13.8. The number of aromatic amines is 1. The van der Waals surface area contributed by atoms with Crippen LogP contribution < -0.4 is 21.3 Å². The number of carbonyl (C=O) groups excluding carboxylic acids is 1. The molecule has 41 heavy (non-hydrogen) atoms. The van der Waals surface area contributed by atoms with Crippen LogP contribution in [0.5, 0.6) is 0 Å². The van der Waals surface area contributed by atoms with Gasteiger partial charge in [0.25, 0.3) is 11.6 Å². The van der Waals surface area contributed by atoms with Crippen molar-refractivity contribution < 1.29 is 9.72 Å². The minimum Gasteiger partial charge on any atom is -0.354 e. The van der Waals surface area contributed by atoms with E-state index in [-0.39, 0.29) is 11.6 Å². The third-order valence-corrected chi connectivity index (χ3v) is 7.55. The van der Waals surface area contributed by atoms with Gasteiger partial charge in [-0.3, -0.25) is 14.9 Å². The molecule has 5 N–H and O–H groups in total. The second-order valence-corrected chi connectivity index (χ2v) is 10.3. The van der Waals surface area contributed by atoms with Gasteiger partial charge in [0.1, 0.15) is 0 Å². The molecule has 0 spiro atoms. The molecular formula is C31H31N7O3. The zero-order valence-electron chi connectivity index (χ0n) is 22.5. The Bertz CT molecular complexity index is 1620. The summed E-state index contributed by atoms with van der Waals surface area (Å²) < 4.78 is 0. The largest absolute Gasteiger partial charge is 0.354 e. The predicted octanol–water partition coefficient (Wildman–Crippen LogP) is 5.41. The van der Waals surface area contributed by atoms with Gasteiger partial charge in [-0.2, -0.15) is 0 Å². The van der Waals surface area contributed by atoms with E-state index in [2.05, 4.69) is 20.5 Å². The van der Waals surface area contributed by atoms with Gasteiger partial charge < -0.3 is 26.3 Å². The molecule has 6 rings (SSSR count). The Kier molecular flexibility index (Phi) is 7.22. The predicted molar refractivity (Wildman–Crippen MR) is 161 cm³/mol. The number of hydrogen-bond donors (Lipinski definition) is 4. The van der Waals surface area contributed by atoms with Crippen molar-refractivity contribution in [3.63, 3.8) is 0 Å². The summed E-state index contributed by atoms with van der Waals surface area (Å²) in [6, 6.07) is 20.1. The van der Waals surface area contributed by atoms with Gasteiger partial charge >= 0.3 is 0 Å². The highest BCUT2D eigenvalue weighted by molar-refractivity contribution is 6.37. The molecule has 0 aliphatic carbocycles. The van der Waals surface area contributed by atoms with Crippen molar-refractivity contribution in [2.75, 3.05) is 35.2 Å². The minimum atomic E-state index is -0.458. The third-order valence-electron chi connectivity index (χ3n) is 7.55. The molecule has 0 radical (unpaired) electrons. The number of carbonyl (C=O) groups is 1. The molecule has 208 valence electrons. The SMILES string of the molecule is NCCc1ccc(/C(Nc2ccc(-c3c[nH]c(N4CCCCC4)n3)cc2)=C2/C(=O)Nc3ccc([N+](=O)[O-])cc32)cc1. The average Bonchev–Trinajstić information content (AvgIpc) is 3.62. The van der Waals surface area contributed by atoms with Crippen LogP contribution in [0.1, 0.15) is 36.0 Å². The number of benzene rings is 3. The fourth-order valence-electron chi connectivity index (χ4n) is 5.40. The third kappa shape index (κ3) is 5.42. The Morgan fingerprint density at radius 2 is 1.78 bits per heavy atom. The molecular weight excluding hydrogens is 518 g/mol. The summed E-state index contributed by atoms with van der Waals surface area (Å²) in [5.41, 5.74) is 12.0. The number of non-ortho nitro benzene ring substituents is 1. The number of nitrogens with two attached hydrogens (primary N) is 1. The number of piperidine rings is 1. The van der Waals surface area contributed by atoms with Crippen molar-refractivity contribution in [3.8, 4) is 11.3 Å². The van der Waals surface area contributed by atoms with Crippen LogP contribution in [0.15, 0.2) is 72.9 Å². The zero-order chi connectivity index (χ0) is 28.3. The molecule has 1 amide bonds. The summed E-state index contributed by atoms with van der Waals surface area (Å²) in [6.45, 7) is 2.56. The van der Waals surface area contributed by atoms with Gasteiger partial charge in [0, 0.05) is 53.9 Å². The molecule has 0 atom stereocenters. The molecule has 1 saturated heterocycles. The Morgan fingerprint density at radius 1 is 1.02 bits per heavy atom. The van der Waals surface area contributed by atoms with E-state index in [0.29, 0.717) is 29.1 Å². The molecule has 1 aromatic heterocycles. The lowest BCUT2D eigenvalue weighted by Gasteiger charge is -2.25. The number of nitrogens with one attached hydrogen (secondary N) is 3. The number of H-pyrrole nitrogens is 1. The molecule has 0 bridgehead atoms. The van der Waals surface area contributed by atoms with Crippen molar-refractivity contribution in [2.45, 2.75) is 25.7 Å². The summed E-state index contributed by atoms with van der Waals surface area (Å²) in [7, 11) is 0. The van der Waals surface area contributed by atoms with E-state index < -0.39 is 4.92 Å². The van der Waals surface area contributed by atoms with Crippen LogP contribution in [0.25, 0.3) is 22.5 Å². The highest BCUT2D eigenvalue weighted by Gasteiger charge is 2.30. The Hall–Kier alpha value is -4.96. The molecule has 1 fully saturated rings. The zero-order valence-corrected chi connectivity index (χ0v) is 22.5. The maximum atomic E-state index is 13.2. The Morgan fingerprint density at radius 3 is 2.49 bits per heavy atom. The lowest BCUT2D eigenvalue weighted by Crippen LogP contribution is -2.30. The first-order chi connectivity index (χ1) is 20.0. The van der Waals surface area contributed by atoms with Crippen molar-refractivity contribution in [1.82, 2.24) is 9.97 Å². The number of nitro groups is 1. The van der Waals surface area contributed by atoms with Crippen LogP contribution in [0.2, 0.25) is 0 Å². The number of nitrogens with zero attached hydrogens (tertiary/aromatic N) is 3. The number of nitro benzene ring substituents is 1.